The predicted octanol–water partition coefficient (Wildman–Crippen LogP) is 3.86. The smallest absolute Gasteiger partial charge is 0.254 e. The lowest BCUT2D eigenvalue weighted by molar-refractivity contribution is -0.113. The van der Waals surface area contributed by atoms with Crippen LogP contribution in [0, 0.1) is 0 Å². The molecule has 0 aliphatic carbocycles. The normalized spacial score (nSPS) is 11.8. The van der Waals surface area contributed by atoms with E-state index in [1.165, 1.54) is 32.1 Å². The number of thioether (sulfide) groups is 1. The van der Waals surface area contributed by atoms with E-state index >= 15 is 0 Å². The fraction of sp³-hybridized carbons (Fsp3) is 0.769. The van der Waals surface area contributed by atoms with Crippen molar-refractivity contribution >= 4 is 17.7 Å². The molecule has 0 aromatic carbocycles. The van der Waals surface area contributed by atoms with Gasteiger partial charge in [0, 0.05) is 0 Å². The van der Waals surface area contributed by atoms with Gasteiger partial charge in [-0.15, -0.1) is 11.8 Å². The van der Waals surface area contributed by atoms with Gasteiger partial charge in [0.25, 0.3) is 5.91 Å². The minimum atomic E-state index is -0.266. The summed E-state index contributed by atoms with van der Waals surface area (Å²) < 4.78 is 0. The van der Waals surface area contributed by atoms with Crippen LogP contribution in [0.5, 0.6) is 0 Å². The van der Waals surface area contributed by atoms with Crippen LogP contribution in [-0.2, 0) is 4.79 Å². The minimum absolute atomic E-state index is 0.266. The van der Waals surface area contributed by atoms with E-state index in [2.05, 4.69) is 13.8 Å². The van der Waals surface area contributed by atoms with Crippen molar-refractivity contribution in [2.45, 2.75) is 58.8 Å². The second-order valence-electron chi connectivity index (χ2n) is 3.98. The third-order valence-corrected chi connectivity index (χ3v) is 3.56. The standard InChI is InChI=1S/C13H25NOS/c1-3-5-7-8-10-12(13(14)15)16-11-9-6-4-2/h10H,3-9,11H2,1-2H3,(H2,14,15). The SMILES string of the molecule is CCCCCC=C(SCCCCC)C(N)=O. The summed E-state index contributed by atoms with van der Waals surface area (Å²) in [6.45, 7) is 4.36. The lowest BCUT2D eigenvalue weighted by Crippen LogP contribution is -2.12. The molecule has 0 aromatic heterocycles. The van der Waals surface area contributed by atoms with Crippen molar-refractivity contribution in [1.82, 2.24) is 0 Å². The summed E-state index contributed by atoms with van der Waals surface area (Å²) in [6.07, 6.45) is 10.2. The molecular formula is C13H25NOS. The first-order valence-corrected chi connectivity index (χ1v) is 7.33. The van der Waals surface area contributed by atoms with Gasteiger partial charge in [0.15, 0.2) is 0 Å². The quantitative estimate of drug-likeness (QED) is 0.467. The van der Waals surface area contributed by atoms with Crippen molar-refractivity contribution in [2.24, 2.45) is 5.73 Å². The fourth-order valence-corrected chi connectivity index (χ4v) is 2.34. The molecule has 0 unspecified atom stereocenters. The number of rotatable bonds is 10. The van der Waals surface area contributed by atoms with Gasteiger partial charge in [-0.05, 0) is 25.0 Å². The van der Waals surface area contributed by atoms with Crippen LogP contribution in [0.2, 0.25) is 0 Å². The zero-order valence-electron chi connectivity index (χ0n) is 10.6. The Bertz CT molecular complexity index is 214. The van der Waals surface area contributed by atoms with Crippen molar-refractivity contribution in [2.75, 3.05) is 5.75 Å². The summed E-state index contributed by atoms with van der Waals surface area (Å²) in [5, 5.41) is 0. The van der Waals surface area contributed by atoms with E-state index in [1.807, 2.05) is 6.08 Å². The molecule has 0 heterocycles. The molecule has 0 spiro atoms. The number of unbranched alkanes of at least 4 members (excludes halogenated alkanes) is 5. The summed E-state index contributed by atoms with van der Waals surface area (Å²) in [4.78, 5) is 11.9. The maximum absolute atomic E-state index is 11.2. The van der Waals surface area contributed by atoms with Gasteiger partial charge < -0.3 is 5.73 Å². The molecule has 0 radical (unpaired) electrons. The average Bonchev–Trinajstić information content (AvgIpc) is 2.26. The lowest BCUT2D eigenvalue weighted by atomic mass is 10.2. The highest BCUT2D eigenvalue weighted by Gasteiger charge is 2.04. The highest BCUT2D eigenvalue weighted by atomic mass is 32.2. The number of amides is 1. The van der Waals surface area contributed by atoms with Crippen molar-refractivity contribution in [3.63, 3.8) is 0 Å². The van der Waals surface area contributed by atoms with E-state index in [0.29, 0.717) is 0 Å². The van der Waals surface area contributed by atoms with Crippen LogP contribution >= 0.6 is 11.8 Å². The van der Waals surface area contributed by atoms with Crippen molar-refractivity contribution in [3.05, 3.63) is 11.0 Å². The molecule has 0 fully saturated rings. The molecule has 2 nitrogen and oxygen atoms in total. The average molecular weight is 243 g/mol. The van der Waals surface area contributed by atoms with Gasteiger partial charge >= 0.3 is 0 Å². The molecule has 1 amide bonds. The van der Waals surface area contributed by atoms with Crippen LogP contribution in [0.1, 0.15) is 58.8 Å². The predicted molar refractivity (Wildman–Crippen MR) is 73.4 cm³/mol. The molecule has 0 aromatic rings. The summed E-state index contributed by atoms with van der Waals surface area (Å²) in [5.41, 5.74) is 5.34. The van der Waals surface area contributed by atoms with Crippen LogP contribution in [0.25, 0.3) is 0 Å². The van der Waals surface area contributed by atoms with Crippen molar-refractivity contribution in [3.8, 4) is 0 Å². The van der Waals surface area contributed by atoms with Gasteiger partial charge in [0.1, 0.15) is 0 Å². The Morgan fingerprint density at radius 3 is 2.31 bits per heavy atom. The van der Waals surface area contributed by atoms with E-state index in [1.54, 1.807) is 11.8 Å². The molecule has 0 saturated carbocycles. The molecule has 0 atom stereocenters. The molecule has 94 valence electrons. The van der Waals surface area contributed by atoms with Crippen molar-refractivity contribution in [1.29, 1.82) is 0 Å². The number of carbonyl (C=O) groups is 1. The highest BCUT2D eigenvalue weighted by molar-refractivity contribution is 8.03. The van der Waals surface area contributed by atoms with E-state index in [-0.39, 0.29) is 5.91 Å². The minimum Gasteiger partial charge on any atom is -0.365 e. The van der Waals surface area contributed by atoms with Gasteiger partial charge in [0.2, 0.25) is 0 Å². The maximum Gasteiger partial charge on any atom is 0.254 e. The summed E-state index contributed by atoms with van der Waals surface area (Å²) in [6, 6.07) is 0. The zero-order valence-corrected chi connectivity index (χ0v) is 11.4. The van der Waals surface area contributed by atoms with Gasteiger partial charge in [-0.25, -0.2) is 0 Å². The monoisotopic (exact) mass is 243 g/mol. The summed E-state index contributed by atoms with van der Waals surface area (Å²) in [7, 11) is 0. The van der Waals surface area contributed by atoms with Gasteiger partial charge in [-0.2, -0.15) is 0 Å². The number of allylic oxidation sites excluding steroid dienone is 1. The van der Waals surface area contributed by atoms with E-state index in [4.69, 9.17) is 5.73 Å². The first-order valence-electron chi connectivity index (χ1n) is 6.35. The van der Waals surface area contributed by atoms with Gasteiger partial charge in [-0.1, -0.05) is 45.6 Å². The third-order valence-electron chi connectivity index (χ3n) is 2.39. The molecule has 3 heteroatoms. The second kappa shape index (κ2) is 11.1. The molecule has 0 bridgehead atoms. The van der Waals surface area contributed by atoms with Crippen LogP contribution in [0.15, 0.2) is 11.0 Å². The molecule has 0 aliphatic heterocycles. The summed E-state index contributed by atoms with van der Waals surface area (Å²) >= 11 is 1.61. The number of primary amides is 1. The first kappa shape index (κ1) is 15.6. The van der Waals surface area contributed by atoms with Gasteiger partial charge in [0.05, 0.1) is 4.91 Å². The second-order valence-corrected chi connectivity index (χ2v) is 5.12. The number of hydrogen-bond acceptors (Lipinski definition) is 2. The van der Waals surface area contributed by atoms with Crippen molar-refractivity contribution < 1.29 is 4.79 Å². The third kappa shape index (κ3) is 8.84. The van der Waals surface area contributed by atoms with Gasteiger partial charge in [-0.3, -0.25) is 4.79 Å². The fourth-order valence-electron chi connectivity index (χ4n) is 1.39. The first-order chi connectivity index (χ1) is 7.72. The zero-order chi connectivity index (χ0) is 12.2. The Labute approximate surface area is 104 Å². The Morgan fingerprint density at radius 1 is 1.12 bits per heavy atom. The number of carbonyl (C=O) groups excluding carboxylic acids is 1. The molecule has 0 aliphatic rings. The lowest BCUT2D eigenvalue weighted by Gasteiger charge is -2.03. The van der Waals surface area contributed by atoms with Crippen LogP contribution in [0.3, 0.4) is 0 Å². The topological polar surface area (TPSA) is 43.1 Å². The Morgan fingerprint density at radius 2 is 1.75 bits per heavy atom. The molecule has 0 saturated heterocycles. The largest absolute Gasteiger partial charge is 0.365 e. The Hall–Kier alpha value is -0.440. The Kier molecular flexibility index (Phi) is 10.8. The molecule has 0 rings (SSSR count). The van der Waals surface area contributed by atoms with E-state index in [9.17, 15) is 4.79 Å². The summed E-state index contributed by atoms with van der Waals surface area (Å²) in [5.74, 6) is 0.745. The molecular weight excluding hydrogens is 218 g/mol. The van der Waals surface area contributed by atoms with E-state index < -0.39 is 0 Å². The van der Waals surface area contributed by atoms with Crippen LogP contribution in [0.4, 0.5) is 0 Å². The van der Waals surface area contributed by atoms with Crippen LogP contribution < -0.4 is 5.73 Å². The molecule has 2 N–H and O–H groups in total. The number of hydrogen-bond donors (Lipinski definition) is 1. The Balaban J connectivity index is 3.82. The number of nitrogens with two attached hydrogens (primary N) is 1. The maximum atomic E-state index is 11.2. The molecule has 16 heavy (non-hydrogen) atoms. The van der Waals surface area contributed by atoms with Crippen LogP contribution in [-0.4, -0.2) is 11.7 Å². The van der Waals surface area contributed by atoms with E-state index in [0.717, 1.165) is 23.5 Å². The highest BCUT2D eigenvalue weighted by Crippen LogP contribution is 2.18.